The van der Waals surface area contributed by atoms with Gasteiger partial charge in [-0.1, -0.05) is 6.58 Å². The van der Waals surface area contributed by atoms with Crippen LogP contribution in [0.15, 0.2) is 35.8 Å². The van der Waals surface area contributed by atoms with E-state index in [2.05, 4.69) is 11.6 Å². The zero-order valence-electron chi connectivity index (χ0n) is 16.0. The molecular weight excluding hydrogens is 384 g/mol. The molecule has 156 valence electrons. The van der Waals surface area contributed by atoms with E-state index in [4.69, 9.17) is 9.84 Å². The number of aliphatic hydroxyl groups is 2. The van der Waals surface area contributed by atoms with Crippen LogP contribution in [-0.2, 0) is 4.79 Å². The second kappa shape index (κ2) is 9.58. The standard InChI is InChI=1S/C20H23F2N3O4/c1-3-15(24-4-2)13-5-6-17(14(9-13)10-23)29-18-7-8-25(12-20(18,21)22)19(28)16(27)11-26/h3,5-6,9,16,18,26-27H,1,4,7-8,11-12H2,2H3/b24-15+/t16-,18?/m0/s1. The second-order valence-corrected chi connectivity index (χ2v) is 6.50. The molecule has 9 heteroatoms. The summed E-state index contributed by atoms with van der Waals surface area (Å²) in [6.45, 7) is 4.20. The zero-order valence-corrected chi connectivity index (χ0v) is 16.0. The highest BCUT2D eigenvalue weighted by Gasteiger charge is 2.48. The number of carbonyl (C=O) groups excluding carboxylic acids is 1. The van der Waals surface area contributed by atoms with Gasteiger partial charge < -0.3 is 19.8 Å². The maximum Gasteiger partial charge on any atom is 0.301 e. The van der Waals surface area contributed by atoms with Crippen molar-refractivity contribution in [1.29, 1.82) is 5.26 Å². The van der Waals surface area contributed by atoms with Crippen LogP contribution in [0.25, 0.3) is 0 Å². The fourth-order valence-electron chi connectivity index (χ4n) is 3.02. The molecule has 1 aromatic carbocycles. The molecule has 1 saturated heterocycles. The first kappa shape index (κ1) is 22.5. The summed E-state index contributed by atoms with van der Waals surface area (Å²) >= 11 is 0. The van der Waals surface area contributed by atoms with Gasteiger partial charge in [-0.25, -0.2) is 8.78 Å². The summed E-state index contributed by atoms with van der Waals surface area (Å²) in [6.07, 6.45) is -1.93. The minimum absolute atomic E-state index is 0.0102. The van der Waals surface area contributed by atoms with E-state index in [9.17, 15) is 23.9 Å². The summed E-state index contributed by atoms with van der Waals surface area (Å²) in [4.78, 5) is 16.9. The maximum absolute atomic E-state index is 14.6. The fraction of sp³-hybridized carbons (Fsp3) is 0.450. The van der Waals surface area contributed by atoms with Crippen LogP contribution in [0, 0.1) is 11.3 Å². The second-order valence-electron chi connectivity index (χ2n) is 6.50. The molecule has 0 bridgehead atoms. The Morgan fingerprint density at radius 2 is 2.31 bits per heavy atom. The van der Waals surface area contributed by atoms with Crippen LogP contribution in [0.3, 0.4) is 0 Å². The average Bonchev–Trinajstić information content (AvgIpc) is 2.72. The Bertz CT molecular complexity index is 836. The summed E-state index contributed by atoms with van der Waals surface area (Å²) in [5, 5.41) is 27.6. The van der Waals surface area contributed by atoms with Crippen molar-refractivity contribution in [2.75, 3.05) is 26.2 Å². The summed E-state index contributed by atoms with van der Waals surface area (Å²) < 4.78 is 34.6. The lowest BCUT2D eigenvalue weighted by molar-refractivity contribution is -0.167. The van der Waals surface area contributed by atoms with Gasteiger partial charge in [0.25, 0.3) is 5.91 Å². The molecule has 29 heavy (non-hydrogen) atoms. The normalized spacial score (nSPS) is 19.9. The first-order valence-electron chi connectivity index (χ1n) is 9.11. The molecule has 1 heterocycles. The Labute approximate surface area is 167 Å². The van der Waals surface area contributed by atoms with Gasteiger partial charge in [0.05, 0.1) is 24.4 Å². The predicted octanol–water partition coefficient (Wildman–Crippen LogP) is 1.52. The number of nitriles is 1. The number of hydrogen-bond acceptors (Lipinski definition) is 6. The van der Waals surface area contributed by atoms with Gasteiger partial charge in [-0.2, -0.15) is 5.26 Å². The number of aliphatic hydroxyl groups excluding tert-OH is 2. The van der Waals surface area contributed by atoms with Crippen LogP contribution in [0.4, 0.5) is 8.78 Å². The highest BCUT2D eigenvalue weighted by molar-refractivity contribution is 6.08. The van der Waals surface area contributed by atoms with Crippen molar-refractivity contribution in [2.45, 2.75) is 31.5 Å². The molecule has 2 atom stereocenters. The molecule has 2 N–H and O–H groups in total. The molecule has 1 unspecified atom stereocenters. The lowest BCUT2D eigenvalue weighted by atomic mass is 10.0. The summed E-state index contributed by atoms with van der Waals surface area (Å²) in [6, 6.07) is 6.49. The van der Waals surface area contributed by atoms with Crippen LogP contribution in [-0.4, -0.2) is 71.1 Å². The van der Waals surface area contributed by atoms with Crippen LogP contribution in [0.1, 0.15) is 24.5 Å². The number of allylic oxidation sites excluding steroid dienone is 1. The van der Waals surface area contributed by atoms with E-state index in [1.54, 1.807) is 12.1 Å². The molecule has 0 aliphatic carbocycles. The topological polar surface area (TPSA) is 106 Å². The molecular formula is C20H23F2N3O4. The molecule has 7 nitrogen and oxygen atoms in total. The zero-order chi connectivity index (χ0) is 21.6. The Morgan fingerprint density at radius 3 is 2.86 bits per heavy atom. The van der Waals surface area contributed by atoms with E-state index in [0.29, 0.717) is 17.8 Å². The number of carbonyl (C=O) groups is 1. The van der Waals surface area contributed by atoms with E-state index in [1.165, 1.54) is 12.1 Å². The van der Waals surface area contributed by atoms with Crippen molar-refractivity contribution in [3.8, 4) is 11.8 Å². The van der Waals surface area contributed by atoms with Crippen LogP contribution in [0.5, 0.6) is 5.75 Å². The van der Waals surface area contributed by atoms with Crippen molar-refractivity contribution >= 4 is 11.6 Å². The highest BCUT2D eigenvalue weighted by atomic mass is 19.3. The summed E-state index contributed by atoms with van der Waals surface area (Å²) in [7, 11) is 0. The summed E-state index contributed by atoms with van der Waals surface area (Å²) in [5.74, 6) is -4.35. The largest absolute Gasteiger partial charge is 0.483 e. The Kier molecular flexibility index (Phi) is 7.42. The van der Waals surface area contributed by atoms with Crippen molar-refractivity contribution in [2.24, 2.45) is 4.99 Å². The van der Waals surface area contributed by atoms with Gasteiger partial charge in [0.15, 0.2) is 12.2 Å². The maximum atomic E-state index is 14.6. The van der Waals surface area contributed by atoms with Gasteiger partial charge in [0.2, 0.25) is 0 Å². The van der Waals surface area contributed by atoms with Crippen molar-refractivity contribution < 1.29 is 28.5 Å². The number of aliphatic imine (C=N–C) groups is 1. The van der Waals surface area contributed by atoms with Gasteiger partial charge >= 0.3 is 5.92 Å². The minimum atomic E-state index is -3.40. The number of amides is 1. The fourth-order valence-corrected chi connectivity index (χ4v) is 3.02. The quantitative estimate of drug-likeness (QED) is 0.667. The number of benzene rings is 1. The van der Waals surface area contributed by atoms with E-state index < -0.39 is 37.2 Å². The SMILES string of the molecule is C=C/C(=N\CC)c1ccc(OC2CCN(C(=O)[C@@H](O)CO)CC2(F)F)c(C#N)c1. The molecule has 0 radical (unpaired) electrons. The van der Waals surface area contributed by atoms with Crippen LogP contribution in [0.2, 0.25) is 0 Å². The molecule has 0 aromatic heterocycles. The Balaban J connectivity index is 2.20. The molecule has 2 rings (SSSR count). The molecule has 0 spiro atoms. The van der Waals surface area contributed by atoms with E-state index in [1.807, 2.05) is 13.0 Å². The third-order valence-corrected chi connectivity index (χ3v) is 4.49. The predicted molar refractivity (Wildman–Crippen MR) is 102 cm³/mol. The minimum Gasteiger partial charge on any atom is -0.483 e. The third kappa shape index (κ3) is 5.16. The molecule has 1 fully saturated rings. The van der Waals surface area contributed by atoms with Gasteiger partial charge in [-0.15, -0.1) is 0 Å². The Morgan fingerprint density at radius 1 is 1.59 bits per heavy atom. The van der Waals surface area contributed by atoms with Crippen LogP contribution < -0.4 is 4.74 Å². The molecule has 0 saturated carbocycles. The molecule has 1 amide bonds. The smallest absolute Gasteiger partial charge is 0.301 e. The number of alkyl halides is 2. The van der Waals surface area contributed by atoms with Gasteiger partial charge in [0.1, 0.15) is 11.8 Å². The number of hydrogen-bond donors (Lipinski definition) is 2. The van der Waals surface area contributed by atoms with Crippen molar-refractivity contribution in [3.63, 3.8) is 0 Å². The Hall–Kier alpha value is -2.83. The molecule has 1 aliphatic heterocycles. The third-order valence-electron chi connectivity index (χ3n) is 4.49. The van der Waals surface area contributed by atoms with E-state index in [-0.39, 0.29) is 24.3 Å². The number of rotatable bonds is 7. The lowest BCUT2D eigenvalue weighted by Crippen LogP contribution is -2.57. The number of piperidine rings is 1. The van der Waals surface area contributed by atoms with E-state index in [0.717, 1.165) is 4.90 Å². The lowest BCUT2D eigenvalue weighted by Gasteiger charge is -2.38. The van der Waals surface area contributed by atoms with Crippen LogP contribution >= 0.6 is 0 Å². The number of ether oxygens (including phenoxy) is 1. The van der Waals surface area contributed by atoms with E-state index >= 15 is 0 Å². The number of nitrogens with zero attached hydrogens (tertiary/aromatic N) is 3. The average molecular weight is 407 g/mol. The first-order chi connectivity index (χ1) is 13.8. The monoisotopic (exact) mass is 407 g/mol. The van der Waals surface area contributed by atoms with Gasteiger partial charge in [-0.3, -0.25) is 9.79 Å². The van der Waals surface area contributed by atoms with Gasteiger partial charge in [-0.05, 0) is 31.2 Å². The number of likely N-dealkylation sites (tertiary alicyclic amines) is 1. The number of halogens is 2. The van der Waals surface area contributed by atoms with Crippen molar-refractivity contribution in [1.82, 2.24) is 4.90 Å². The van der Waals surface area contributed by atoms with Gasteiger partial charge in [0, 0.05) is 25.1 Å². The summed E-state index contributed by atoms with van der Waals surface area (Å²) in [5.41, 5.74) is 1.28. The molecule has 1 aromatic rings. The highest BCUT2D eigenvalue weighted by Crippen LogP contribution is 2.33. The first-order valence-corrected chi connectivity index (χ1v) is 9.11. The van der Waals surface area contributed by atoms with Crippen molar-refractivity contribution in [3.05, 3.63) is 42.0 Å². The molecule has 1 aliphatic rings.